The predicted molar refractivity (Wildman–Crippen MR) is 243 cm³/mol. The van der Waals surface area contributed by atoms with Gasteiger partial charge in [-0.15, -0.1) is 0 Å². The number of rotatable bonds is 38. The number of benzene rings is 3. The highest BCUT2D eigenvalue weighted by Crippen LogP contribution is 2.39. The molecule has 1 aliphatic rings. The monoisotopic (exact) mass is 898 g/mol. The van der Waals surface area contributed by atoms with E-state index >= 15 is 0 Å². The highest BCUT2D eigenvalue weighted by molar-refractivity contribution is 6.32. The van der Waals surface area contributed by atoms with E-state index in [2.05, 4.69) is 17.4 Å². The number of nitrogens with two attached hydrogens (primary N) is 1. The van der Waals surface area contributed by atoms with Gasteiger partial charge in [0, 0.05) is 29.6 Å². The van der Waals surface area contributed by atoms with Gasteiger partial charge in [0.1, 0.15) is 0 Å². The Hall–Kier alpha value is -3.88. The number of nitrogens with one attached hydrogen (secondary N) is 1. The van der Waals surface area contributed by atoms with Crippen molar-refractivity contribution in [1.82, 2.24) is 0 Å². The molecule has 16 nitrogen and oxygen atoms in total. The molecule has 64 heavy (non-hydrogen) atoms. The Balaban J connectivity index is 0.949. The second-order valence-electron chi connectivity index (χ2n) is 14.8. The molecule has 4 rings (SSSR count). The molecule has 0 heterocycles. The van der Waals surface area contributed by atoms with Crippen molar-refractivity contribution in [3.63, 3.8) is 0 Å². The number of carbonyl (C=O) groups excluding carboxylic acids is 2. The first-order chi connectivity index (χ1) is 31.3. The van der Waals surface area contributed by atoms with Crippen LogP contribution in [0.1, 0.15) is 54.1 Å². The summed E-state index contributed by atoms with van der Waals surface area (Å²) >= 11 is 0. The maximum Gasteiger partial charge on any atom is 0.196 e. The van der Waals surface area contributed by atoms with Crippen LogP contribution in [0.3, 0.4) is 0 Å². The standard InChI is InChI=1S/C48H70N2O14/c1-36-33-37(2)46(38(3)34-36)50-42-35-39(45(49)44-43(42)47(51)40-7-5-6-8-41(40)48(44)52)9-10-54-13-14-56-17-18-58-21-22-60-25-26-62-29-30-64-32-31-63-28-27-61-24-23-59-20-19-57-16-15-55-12-11-53-4/h5-8,33-35,50H,9-32,49H2,1-4H3. The number of aryl methyl sites for hydroxylation is 3. The third kappa shape index (κ3) is 18.9. The molecule has 0 aromatic heterocycles. The molecular formula is C48H70N2O14. The van der Waals surface area contributed by atoms with Crippen LogP contribution in [0.25, 0.3) is 0 Å². The normalized spacial score (nSPS) is 12.2. The van der Waals surface area contributed by atoms with Crippen LogP contribution < -0.4 is 11.1 Å². The second-order valence-corrected chi connectivity index (χ2v) is 14.8. The number of anilines is 3. The van der Waals surface area contributed by atoms with Gasteiger partial charge in [-0.05, 0) is 49.9 Å². The Morgan fingerprint density at radius 2 is 0.781 bits per heavy atom. The van der Waals surface area contributed by atoms with Crippen molar-refractivity contribution in [3.05, 3.63) is 87.0 Å². The molecule has 356 valence electrons. The Morgan fingerprint density at radius 3 is 1.14 bits per heavy atom. The zero-order valence-corrected chi connectivity index (χ0v) is 38.3. The van der Waals surface area contributed by atoms with Gasteiger partial charge in [-0.25, -0.2) is 0 Å². The van der Waals surface area contributed by atoms with Crippen molar-refractivity contribution in [2.75, 3.05) is 170 Å². The minimum absolute atomic E-state index is 0.229. The predicted octanol–water partition coefficient (Wildman–Crippen LogP) is 5.08. The maximum absolute atomic E-state index is 13.8. The lowest BCUT2D eigenvalue weighted by atomic mass is 9.81. The molecule has 0 radical (unpaired) electrons. The summed E-state index contributed by atoms with van der Waals surface area (Å²) in [6, 6.07) is 12.9. The minimum Gasteiger partial charge on any atom is -0.398 e. The maximum atomic E-state index is 13.8. The van der Waals surface area contributed by atoms with Crippen LogP contribution >= 0.6 is 0 Å². The molecule has 0 spiro atoms. The fourth-order valence-electron chi connectivity index (χ4n) is 6.82. The van der Waals surface area contributed by atoms with Crippen LogP contribution in [-0.2, 0) is 63.3 Å². The molecule has 1 aliphatic carbocycles. The minimum atomic E-state index is -0.259. The summed E-state index contributed by atoms with van der Waals surface area (Å²) in [5.41, 5.74) is 13.6. The molecular weight excluding hydrogens is 829 g/mol. The number of ether oxygens (including phenoxy) is 12. The van der Waals surface area contributed by atoms with Crippen LogP contribution in [-0.4, -0.2) is 171 Å². The summed E-state index contributed by atoms with van der Waals surface area (Å²) in [4.78, 5) is 27.6. The molecule has 3 N–H and O–H groups in total. The van der Waals surface area contributed by atoms with Gasteiger partial charge >= 0.3 is 0 Å². The number of hydrogen-bond acceptors (Lipinski definition) is 16. The molecule has 3 aromatic carbocycles. The van der Waals surface area contributed by atoms with Crippen molar-refractivity contribution in [2.45, 2.75) is 27.2 Å². The average molecular weight is 899 g/mol. The molecule has 0 saturated heterocycles. The van der Waals surface area contributed by atoms with E-state index in [1.807, 2.05) is 26.8 Å². The number of nitrogen functional groups attached to an aromatic ring is 1. The van der Waals surface area contributed by atoms with E-state index in [4.69, 9.17) is 62.6 Å². The number of hydrogen-bond donors (Lipinski definition) is 2. The Morgan fingerprint density at radius 1 is 0.453 bits per heavy atom. The number of carbonyl (C=O) groups is 2. The first kappa shape index (κ1) is 52.7. The van der Waals surface area contributed by atoms with E-state index in [9.17, 15) is 9.59 Å². The van der Waals surface area contributed by atoms with Crippen molar-refractivity contribution < 1.29 is 66.4 Å². The topological polar surface area (TPSA) is 183 Å². The van der Waals surface area contributed by atoms with Gasteiger partial charge in [-0.1, -0.05) is 42.0 Å². The summed E-state index contributed by atoms with van der Waals surface area (Å²) in [5, 5.41) is 3.49. The van der Waals surface area contributed by atoms with Crippen LogP contribution in [0.5, 0.6) is 0 Å². The van der Waals surface area contributed by atoms with E-state index in [-0.39, 0.29) is 17.1 Å². The molecule has 0 bridgehead atoms. The zero-order chi connectivity index (χ0) is 45.6. The van der Waals surface area contributed by atoms with E-state index in [0.29, 0.717) is 186 Å². The summed E-state index contributed by atoms with van der Waals surface area (Å²) in [6.07, 6.45) is 0.446. The lowest BCUT2D eigenvalue weighted by molar-refractivity contribution is -0.0280. The molecule has 0 saturated carbocycles. The smallest absolute Gasteiger partial charge is 0.196 e. The van der Waals surface area contributed by atoms with E-state index < -0.39 is 0 Å². The molecule has 0 aliphatic heterocycles. The third-order valence-corrected chi connectivity index (χ3v) is 9.93. The number of methoxy groups -OCH3 is 1. The second kappa shape index (κ2) is 31.9. The van der Waals surface area contributed by atoms with Gasteiger partial charge in [0.05, 0.1) is 169 Å². The van der Waals surface area contributed by atoms with Gasteiger partial charge < -0.3 is 67.9 Å². The average Bonchev–Trinajstić information content (AvgIpc) is 3.28. The van der Waals surface area contributed by atoms with E-state index in [1.165, 1.54) is 0 Å². The van der Waals surface area contributed by atoms with Gasteiger partial charge in [-0.3, -0.25) is 9.59 Å². The van der Waals surface area contributed by atoms with Gasteiger partial charge in [-0.2, -0.15) is 0 Å². The van der Waals surface area contributed by atoms with Crippen molar-refractivity contribution in [3.8, 4) is 0 Å². The fraction of sp³-hybridized carbons (Fsp3) is 0.583. The van der Waals surface area contributed by atoms with Crippen LogP contribution in [0.2, 0.25) is 0 Å². The first-order valence-corrected chi connectivity index (χ1v) is 22.2. The van der Waals surface area contributed by atoms with Crippen LogP contribution in [0.15, 0.2) is 42.5 Å². The van der Waals surface area contributed by atoms with Crippen molar-refractivity contribution in [2.24, 2.45) is 0 Å². The molecule has 0 amide bonds. The fourth-order valence-corrected chi connectivity index (χ4v) is 6.82. The summed E-state index contributed by atoms with van der Waals surface area (Å²) in [6.45, 7) is 17.1. The Bertz CT molecular complexity index is 1790. The lowest BCUT2D eigenvalue weighted by Crippen LogP contribution is -2.25. The molecule has 0 atom stereocenters. The van der Waals surface area contributed by atoms with Crippen molar-refractivity contribution in [1.29, 1.82) is 0 Å². The molecule has 16 heteroatoms. The van der Waals surface area contributed by atoms with Crippen molar-refractivity contribution >= 4 is 28.6 Å². The zero-order valence-electron chi connectivity index (χ0n) is 38.3. The quantitative estimate of drug-likeness (QED) is 0.0448. The molecule has 3 aromatic rings. The molecule has 0 fully saturated rings. The van der Waals surface area contributed by atoms with Gasteiger partial charge in [0.2, 0.25) is 0 Å². The van der Waals surface area contributed by atoms with Crippen LogP contribution in [0, 0.1) is 20.8 Å². The SMILES string of the molecule is COCCOCCOCCOCCOCCOCCOCCOCCOCCOCCOCCOCCc1cc(Nc2c(C)cc(C)cc2C)c2c(c1N)C(=O)c1ccccc1C2=O. The highest BCUT2D eigenvalue weighted by Gasteiger charge is 2.34. The van der Waals surface area contributed by atoms with E-state index in [1.54, 1.807) is 31.4 Å². The number of fused-ring (bicyclic) bond motifs is 2. The summed E-state index contributed by atoms with van der Waals surface area (Å²) in [5.74, 6) is -0.487. The first-order valence-electron chi connectivity index (χ1n) is 22.2. The van der Waals surface area contributed by atoms with Gasteiger partial charge in [0.25, 0.3) is 0 Å². The van der Waals surface area contributed by atoms with Gasteiger partial charge in [0.15, 0.2) is 11.6 Å². The third-order valence-electron chi connectivity index (χ3n) is 9.93. The summed E-state index contributed by atoms with van der Waals surface area (Å²) < 4.78 is 65.8. The Kier molecular flexibility index (Phi) is 26.3. The summed E-state index contributed by atoms with van der Waals surface area (Å²) in [7, 11) is 1.64. The van der Waals surface area contributed by atoms with Crippen LogP contribution in [0.4, 0.5) is 17.1 Å². The molecule has 0 unspecified atom stereocenters. The highest BCUT2D eigenvalue weighted by atomic mass is 16.6. The Labute approximate surface area is 378 Å². The number of ketones is 2. The largest absolute Gasteiger partial charge is 0.398 e. The lowest BCUT2D eigenvalue weighted by Gasteiger charge is -2.25. The van der Waals surface area contributed by atoms with E-state index in [0.717, 1.165) is 27.9 Å².